The van der Waals surface area contributed by atoms with E-state index in [9.17, 15) is 4.79 Å². The van der Waals surface area contributed by atoms with Gasteiger partial charge in [0.05, 0.1) is 19.0 Å². The van der Waals surface area contributed by atoms with Crippen molar-refractivity contribution in [2.24, 2.45) is 5.92 Å². The van der Waals surface area contributed by atoms with E-state index in [2.05, 4.69) is 40.4 Å². The number of hydrogen-bond acceptors (Lipinski definition) is 5. The number of likely N-dealkylation sites (tertiary alicyclic amines) is 2. The van der Waals surface area contributed by atoms with Crippen LogP contribution in [0.4, 0.5) is 0 Å². The molecule has 2 aromatic heterocycles. The first-order valence-electron chi connectivity index (χ1n) is 9.75. The third kappa shape index (κ3) is 2.94. The fourth-order valence-electron chi connectivity index (χ4n) is 4.94. The predicted molar refractivity (Wildman–Crippen MR) is 103 cm³/mol. The van der Waals surface area contributed by atoms with Crippen LogP contribution in [0, 0.1) is 5.92 Å². The molecule has 1 aromatic carbocycles. The van der Waals surface area contributed by atoms with Gasteiger partial charge in [0, 0.05) is 43.6 Å². The SMILES string of the molecule is O=C(c1ccno1)N1CCC2(c3ccccc3)CN(Cc3ccco3)CC2C1. The molecule has 0 bridgehead atoms. The molecule has 6 heteroatoms. The highest BCUT2D eigenvalue weighted by atomic mass is 16.5. The maximum absolute atomic E-state index is 12.8. The number of piperidine rings is 1. The summed E-state index contributed by atoms with van der Waals surface area (Å²) in [5.74, 6) is 1.60. The van der Waals surface area contributed by atoms with E-state index < -0.39 is 0 Å². The average molecular weight is 377 g/mol. The van der Waals surface area contributed by atoms with Crippen LogP contribution in [0.25, 0.3) is 0 Å². The lowest BCUT2D eigenvalue weighted by Crippen LogP contribution is -2.51. The van der Waals surface area contributed by atoms with E-state index in [1.807, 2.05) is 17.0 Å². The van der Waals surface area contributed by atoms with Gasteiger partial charge in [0.25, 0.3) is 5.91 Å². The lowest BCUT2D eigenvalue weighted by Gasteiger charge is -2.43. The average Bonchev–Trinajstić information content (AvgIpc) is 3.49. The number of aromatic nitrogens is 1. The number of hydrogen-bond donors (Lipinski definition) is 0. The van der Waals surface area contributed by atoms with Crippen LogP contribution in [0.3, 0.4) is 0 Å². The van der Waals surface area contributed by atoms with Crippen LogP contribution in [-0.2, 0) is 12.0 Å². The molecule has 28 heavy (non-hydrogen) atoms. The van der Waals surface area contributed by atoms with Crippen molar-refractivity contribution in [1.82, 2.24) is 15.0 Å². The molecule has 6 nitrogen and oxygen atoms in total. The van der Waals surface area contributed by atoms with Crippen molar-refractivity contribution in [3.05, 3.63) is 78.1 Å². The molecule has 2 saturated heterocycles. The van der Waals surface area contributed by atoms with Crippen LogP contribution >= 0.6 is 0 Å². The molecule has 0 aliphatic carbocycles. The van der Waals surface area contributed by atoms with Gasteiger partial charge in [0.15, 0.2) is 0 Å². The maximum atomic E-state index is 12.8. The van der Waals surface area contributed by atoms with Gasteiger partial charge >= 0.3 is 0 Å². The first-order chi connectivity index (χ1) is 13.7. The summed E-state index contributed by atoms with van der Waals surface area (Å²) in [6, 6.07) is 16.4. The molecular formula is C22H23N3O3. The zero-order chi connectivity index (χ0) is 19.0. The second-order valence-corrected chi connectivity index (χ2v) is 7.85. The summed E-state index contributed by atoms with van der Waals surface area (Å²) in [5.41, 5.74) is 1.43. The van der Waals surface area contributed by atoms with E-state index >= 15 is 0 Å². The Hall–Kier alpha value is -2.86. The smallest absolute Gasteiger partial charge is 0.292 e. The van der Waals surface area contributed by atoms with E-state index in [1.165, 1.54) is 11.8 Å². The third-order valence-corrected chi connectivity index (χ3v) is 6.28. The molecule has 0 saturated carbocycles. The van der Waals surface area contributed by atoms with Crippen molar-refractivity contribution in [2.75, 3.05) is 26.2 Å². The van der Waals surface area contributed by atoms with E-state index in [1.54, 1.807) is 12.3 Å². The number of benzene rings is 1. The van der Waals surface area contributed by atoms with Gasteiger partial charge in [-0.25, -0.2) is 0 Å². The van der Waals surface area contributed by atoms with Gasteiger partial charge in [-0.1, -0.05) is 35.5 Å². The standard InChI is InChI=1S/C22H23N3O3/c26-21(20-8-10-23-28-20)25-11-9-22(17-5-2-1-3-6-17)16-24(13-18(22)14-25)15-19-7-4-12-27-19/h1-8,10,12,18H,9,11,13-16H2. The van der Waals surface area contributed by atoms with Gasteiger partial charge in [-0.2, -0.15) is 0 Å². The third-order valence-electron chi connectivity index (χ3n) is 6.28. The minimum absolute atomic E-state index is 0.0616. The number of amides is 1. The zero-order valence-corrected chi connectivity index (χ0v) is 15.7. The lowest BCUT2D eigenvalue weighted by molar-refractivity contribution is 0.0562. The molecule has 2 fully saturated rings. The van der Waals surface area contributed by atoms with Gasteiger partial charge in [-0.05, 0) is 24.1 Å². The Morgan fingerprint density at radius 2 is 2.04 bits per heavy atom. The van der Waals surface area contributed by atoms with Gasteiger partial charge in [0.1, 0.15) is 5.76 Å². The van der Waals surface area contributed by atoms with Gasteiger partial charge in [-0.3, -0.25) is 9.69 Å². The number of carbonyl (C=O) groups is 1. The lowest BCUT2D eigenvalue weighted by atomic mass is 9.68. The molecule has 0 radical (unpaired) electrons. The number of carbonyl (C=O) groups excluding carboxylic acids is 1. The molecular weight excluding hydrogens is 354 g/mol. The van der Waals surface area contributed by atoms with Gasteiger partial charge in [0.2, 0.25) is 5.76 Å². The van der Waals surface area contributed by atoms with Crippen molar-refractivity contribution < 1.29 is 13.7 Å². The van der Waals surface area contributed by atoms with E-state index in [4.69, 9.17) is 8.94 Å². The van der Waals surface area contributed by atoms with Crippen molar-refractivity contribution >= 4 is 5.91 Å². The highest BCUT2D eigenvalue weighted by Crippen LogP contribution is 2.45. The second kappa shape index (κ2) is 6.95. The molecule has 3 aromatic rings. The quantitative estimate of drug-likeness (QED) is 0.699. The number of nitrogens with zero attached hydrogens (tertiary/aromatic N) is 3. The molecule has 1 amide bonds. The van der Waals surface area contributed by atoms with Crippen molar-refractivity contribution in [1.29, 1.82) is 0 Å². The van der Waals surface area contributed by atoms with Crippen LogP contribution in [0.5, 0.6) is 0 Å². The fourth-order valence-corrected chi connectivity index (χ4v) is 4.94. The van der Waals surface area contributed by atoms with Crippen molar-refractivity contribution in [3.8, 4) is 0 Å². The number of fused-ring (bicyclic) bond motifs is 1. The predicted octanol–water partition coefficient (Wildman–Crippen LogP) is 3.18. The van der Waals surface area contributed by atoms with Crippen LogP contribution in [0.1, 0.15) is 28.3 Å². The highest BCUT2D eigenvalue weighted by molar-refractivity contribution is 5.91. The Balaban J connectivity index is 1.41. The van der Waals surface area contributed by atoms with E-state index in [0.717, 1.165) is 44.9 Å². The van der Waals surface area contributed by atoms with Crippen molar-refractivity contribution in [3.63, 3.8) is 0 Å². The molecule has 144 valence electrons. The molecule has 2 aliphatic heterocycles. The normalized spacial score (nSPS) is 25.0. The molecule has 0 N–H and O–H groups in total. The summed E-state index contributed by atoms with van der Waals surface area (Å²) >= 11 is 0. The second-order valence-electron chi connectivity index (χ2n) is 7.85. The summed E-state index contributed by atoms with van der Waals surface area (Å²) in [6.07, 6.45) is 4.19. The van der Waals surface area contributed by atoms with Crippen LogP contribution in [0.2, 0.25) is 0 Å². The number of furan rings is 1. The summed E-state index contributed by atoms with van der Waals surface area (Å²) in [6.45, 7) is 4.17. The first kappa shape index (κ1) is 17.3. The molecule has 4 heterocycles. The molecule has 0 spiro atoms. The zero-order valence-electron chi connectivity index (χ0n) is 15.7. The maximum Gasteiger partial charge on any atom is 0.292 e. The van der Waals surface area contributed by atoms with Crippen LogP contribution < -0.4 is 0 Å². The highest BCUT2D eigenvalue weighted by Gasteiger charge is 2.51. The largest absolute Gasteiger partial charge is 0.468 e. The Kier molecular flexibility index (Phi) is 4.28. The summed E-state index contributed by atoms with van der Waals surface area (Å²) in [4.78, 5) is 17.2. The van der Waals surface area contributed by atoms with Crippen LogP contribution in [-0.4, -0.2) is 47.0 Å². The summed E-state index contributed by atoms with van der Waals surface area (Å²) in [5, 5.41) is 3.68. The molecule has 5 rings (SSSR count). The van der Waals surface area contributed by atoms with Crippen molar-refractivity contribution in [2.45, 2.75) is 18.4 Å². The van der Waals surface area contributed by atoms with Gasteiger partial charge in [-0.15, -0.1) is 0 Å². The Morgan fingerprint density at radius 3 is 2.79 bits per heavy atom. The Labute approximate surface area is 163 Å². The molecule has 2 unspecified atom stereocenters. The fraction of sp³-hybridized carbons (Fsp3) is 0.364. The molecule has 2 atom stereocenters. The topological polar surface area (TPSA) is 62.7 Å². The molecule has 2 aliphatic rings. The summed E-state index contributed by atoms with van der Waals surface area (Å²) < 4.78 is 10.7. The van der Waals surface area contributed by atoms with E-state index in [0.29, 0.717) is 11.7 Å². The monoisotopic (exact) mass is 377 g/mol. The number of rotatable bonds is 4. The minimum Gasteiger partial charge on any atom is -0.468 e. The Morgan fingerprint density at radius 1 is 1.14 bits per heavy atom. The van der Waals surface area contributed by atoms with E-state index in [-0.39, 0.29) is 11.3 Å². The van der Waals surface area contributed by atoms with Gasteiger partial charge < -0.3 is 13.8 Å². The van der Waals surface area contributed by atoms with Crippen LogP contribution in [0.15, 0.2) is 69.9 Å². The first-order valence-corrected chi connectivity index (χ1v) is 9.75. The Bertz CT molecular complexity index is 923. The minimum atomic E-state index is -0.0661. The summed E-state index contributed by atoms with van der Waals surface area (Å²) in [7, 11) is 0.